The van der Waals surface area contributed by atoms with Gasteiger partial charge in [0.1, 0.15) is 0 Å². The van der Waals surface area contributed by atoms with E-state index in [1.807, 2.05) is 0 Å². The first-order valence-electron chi connectivity index (χ1n) is 6.61. The molecule has 1 saturated heterocycles. The molecule has 0 amide bonds. The van der Waals surface area contributed by atoms with Crippen molar-refractivity contribution < 1.29 is 14.3 Å². The van der Waals surface area contributed by atoms with Gasteiger partial charge in [0.15, 0.2) is 0 Å². The summed E-state index contributed by atoms with van der Waals surface area (Å²) >= 11 is 11.7. The molecule has 0 radical (unpaired) electrons. The van der Waals surface area contributed by atoms with Crippen molar-refractivity contribution in [2.24, 2.45) is 0 Å². The zero-order valence-corrected chi connectivity index (χ0v) is 12.5. The number of nitrogen functional groups attached to an aromatic ring is 1. The van der Waals surface area contributed by atoms with E-state index < -0.39 is 5.97 Å². The van der Waals surface area contributed by atoms with E-state index in [0.29, 0.717) is 18.3 Å². The fourth-order valence-corrected chi connectivity index (χ4v) is 2.50. The van der Waals surface area contributed by atoms with Gasteiger partial charge < -0.3 is 15.2 Å². The number of halogens is 2. The van der Waals surface area contributed by atoms with Gasteiger partial charge >= 0.3 is 5.97 Å². The number of benzene rings is 1. The van der Waals surface area contributed by atoms with Gasteiger partial charge in [-0.2, -0.15) is 0 Å². The van der Waals surface area contributed by atoms with E-state index in [-0.39, 0.29) is 15.7 Å². The monoisotopic (exact) mass is 317 g/mol. The van der Waals surface area contributed by atoms with Crippen LogP contribution in [0.3, 0.4) is 0 Å². The maximum Gasteiger partial charge on any atom is 0.338 e. The minimum atomic E-state index is -0.442. The van der Waals surface area contributed by atoms with Crippen molar-refractivity contribution in [3.05, 3.63) is 27.7 Å². The van der Waals surface area contributed by atoms with Crippen molar-refractivity contribution in [2.45, 2.75) is 31.8 Å². The van der Waals surface area contributed by atoms with E-state index in [4.69, 9.17) is 38.4 Å². The lowest BCUT2D eigenvalue weighted by Gasteiger charge is -2.10. The summed E-state index contributed by atoms with van der Waals surface area (Å²) in [6.07, 6.45) is 4.23. The SMILES string of the molecule is Nc1cc(C(=O)OCCCC2CCCO2)cc(Cl)c1Cl. The van der Waals surface area contributed by atoms with Crippen LogP contribution in [0.5, 0.6) is 0 Å². The fourth-order valence-electron chi connectivity index (χ4n) is 2.16. The lowest BCUT2D eigenvalue weighted by atomic mass is 10.1. The first-order chi connectivity index (χ1) is 9.58. The topological polar surface area (TPSA) is 61.6 Å². The summed E-state index contributed by atoms with van der Waals surface area (Å²) in [6, 6.07) is 2.93. The zero-order chi connectivity index (χ0) is 14.5. The highest BCUT2D eigenvalue weighted by atomic mass is 35.5. The Hall–Kier alpha value is -0.970. The molecule has 1 unspecified atom stereocenters. The molecule has 2 rings (SSSR count). The second-order valence-electron chi connectivity index (χ2n) is 4.77. The van der Waals surface area contributed by atoms with Crippen LogP contribution in [0, 0.1) is 0 Å². The zero-order valence-electron chi connectivity index (χ0n) is 11.0. The molecule has 20 heavy (non-hydrogen) atoms. The molecule has 1 aromatic rings. The smallest absolute Gasteiger partial charge is 0.338 e. The van der Waals surface area contributed by atoms with Crippen LogP contribution in [0.2, 0.25) is 10.0 Å². The van der Waals surface area contributed by atoms with E-state index in [2.05, 4.69) is 0 Å². The number of ether oxygens (including phenoxy) is 2. The van der Waals surface area contributed by atoms with E-state index in [0.717, 1.165) is 32.3 Å². The summed E-state index contributed by atoms with van der Waals surface area (Å²) in [5.41, 5.74) is 6.24. The molecule has 1 aliphatic heterocycles. The molecule has 110 valence electrons. The van der Waals surface area contributed by atoms with E-state index >= 15 is 0 Å². The summed E-state index contributed by atoms with van der Waals surface area (Å²) in [5, 5.41) is 0.500. The van der Waals surface area contributed by atoms with Crippen molar-refractivity contribution in [1.82, 2.24) is 0 Å². The van der Waals surface area contributed by atoms with Gasteiger partial charge in [0.05, 0.1) is 34.0 Å². The Labute approximate surface area is 128 Å². The summed E-state index contributed by atoms with van der Waals surface area (Å²) < 4.78 is 10.7. The quantitative estimate of drug-likeness (QED) is 0.511. The fraction of sp³-hybridized carbons (Fsp3) is 0.500. The van der Waals surface area contributed by atoms with Gasteiger partial charge in [-0.25, -0.2) is 4.79 Å². The Kier molecular flexibility index (Phi) is 5.52. The predicted octanol–water partition coefficient (Wildman–Crippen LogP) is 3.69. The van der Waals surface area contributed by atoms with Crippen LogP contribution in [-0.2, 0) is 9.47 Å². The minimum Gasteiger partial charge on any atom is -0.462 e. The number of hydrogen-bond acceptors (Lipinski definition) is 4. The molecule has 1 aliphatic rings. The number of rotatable bonds is 5. The highest BCUT2D eigenvalue weighted by Crippen LogP contribution is 2.29. The minimum absolute atomic E-state index is 0.248. The molecule has 0 saturated carbocycles. The van der Waals surface area contributed by atoms with Gasteiger partial charge in [-0.15, -0.1) is 0 Å². The van der Waals surface area contributed by atoms with Crippen molar-refractivity contribution in [2.75, 3.05) is 18.9 Å². The first kappa shape index (κ1) is 15.4. The number of carbonyl (C=O) groups is 1. The predicted molar refractivity (Wildman–Crippen MR) is 79.4 cm³/mol. The summed E-state index contributed by atoms with van der Waals surface area (Å²) in [5.74, 6) is -0.442. The average Bonchev–Trinajstić information content (AvgIpc) is 2.93. The number of nitrogens with two attached hydrogens (primary N) is 1. The third-order valence-electron chi connectivity index (χ3n) is 3.22. The van der Waals surface area contributed by atoms with Crippen molar-refractivity contribution in [3.8, 4) is 0 Å². The van der Waals surface area contributed by atoms with Crippen LogP contribution >= 0.6 is 23.2 Å². The van der Waals surface area contributed by atoms with Crippen LogP contribution < -0.4 is 5.73 Å². The number of hydrogen-bond donors (Lipinski definition) is 1. The lowest BCUT2D eigenvalue weighted by molar-refractivity contribution is 0.0461. The maximum atomic E-state index is 11.8. The molecule has 1 aromatic carbocycles. The first-order valence-corrected chi connectivity index (χ1v) is 7.37. The molecule has 4 nitrogen and oxygen atoms in total. The van der Waals surface area contributed by atoms with Crippen LogP contribution in [-0.4, -0.2) is 25.3 Å². The summed E-state index contributed by atoms with van der Waals surface area (Å²) in [4.78, 5) is 11.8. The molecule has 1 atom stereocenters. The third kappa shape index (κ3) is 4.01. The number of carbonyl (C=O) groups excluding carboxylic acids is 1. The standard InChI is InChI=1S/C14H17Cl2NO3/c15-11-7-9(8-12(17)13(11)16)14(18)20-6-2-4-10-3-1-5-19-10/h7-8,10H,1-6,17H2. The van der Waals surface area contributed by atoms with Gasteiger partial charge in [0.2, 0.25) is 0 Å². The van der Waals surface area contributed by atoms with Gasteiger partial charge in [0.25, 0.3) is 0 Å². The third-order valence-corrected chi connectivity index (χ3v) is 4.04. The van der Waals surface area contributed by atoms with Crippen LogP contribution in [0.25, 0.3) is 0 Å². The summed E-state index contributed by atoms with van der Waals surface area (Å²) in [6.45, 7) is 1.20. The maximum absolute atomic E-state index is 11.8. The second-order valence-corrected chi connectivity index (χ2v) is 5.56. The Morgan fingerprint density at radius 2 is 2.25 bits per heavy atom. The van der Waals surface area contributed by atoms with Crippen LogP contribution in [0.1, 0.15) is 36.0 Å². The van der Waals surface area contributed by atoms with Gasteiger partial charge in [-0.3, -0.25) is 0 Å². The van der Waals surface area contributed by atoms with Gasteiger partial charge in [-0.1, -0.05) is 23.2 Å². The second kappa shape index (κ2) is 7.16. The highest BCUT2D eigenvalue weighted by Gasteiger charge is 2.16. The molecule has 0 aromatic heterocycles. The Morgan fingerprint density at radius 3 is 2.90 bits per heavy atom. The molecule has 0 aliphatic carbocycles. The summed E-state index contributed by atoms with van der Waals surface area (Å²) in [7, 11) is 0. The van der Waals surface area contributed by atoms with Gasteiger partial charge in [-0.05, 0) is 37.8 Å². The Bertz CT molecular complexity index is 464. The van der Waals surface area contributed by atoms with E-state index in [1.165, 1.54) is 12.1 Å². The average molecular weight is 318 g/mol. The number of esters is 1. The molecule has 1 fully saturated rings. The molecule has 6 heteroatoms. The molecule has 2 N–H and O–H groups in total. The molecule has 0 spiro atoms. The van der Waals surface area contributed by atoms with E-state index in [9.17, 15) is 4.79 Å². The highest BCUT2D eigenvalue weighted by molar-refractivity contribution is 6.43. The molecular weight excluding hydrogens is 301 g/mol. The normalized spacial score (nSPS) is 18.2. The Morgan fingerprint density at radius 1 is 1.45 bits per heavy atom. The molecule has 1 heterocycles. The molecule has 0 bridgehead atoms. The van der Waals surface area contributed by atoms with Crippen molar-refractivity contribution >= 4 is 34.9 Å². The Balaban J connectivity index is 1.79. The largest absolute Gasteiger partial charge is 0.462 e. The number of anilines is 1. The van der Waals surface area contributed by atoms with Crippen molar-refractivity contribution in [3.63, 3.8) is 0 Å². The van der Waals surface area contributed by atoms with E-state index in [1.54, 1.807) is 0 Å². The van der Waals surface area contributed by atoms with Gasteiger partial charge in [0, 0.05) is 6.61 Å². The molecular formula is C14H17Cl2NO3. The lowest BCUT2D eigenvalue weighted by Crippen LogP contribution is -2.10. The van der Waals surface area contributed by atoms with Crippen LogP contribution in [0.15, 0.2) is 12.1 Å². The van der Waals surface area contributed by atoms with Crippen molar-refractivity contribution in [1.29, 1.82) is 0 Å². The van der Waals surface area contributed by atoms with Crippen LogP contribution in [0.4, 0.5) is 5.69 Å².